The van der Waals surface area contributed by atoms with Crippen molar-refractivity contribution in [1.82, 2.24) is 4.57 Å². The maximum absolute atomic E-state index is 11.5. The predicted molar refractivity (Wildman–Crippen MR) is 89.3 cm³/mol. The van der Waals surface area contributed by atoms with Gasteiger partial charge in [0.2, 0.25) is 0 Å². The summed E-state index contributed by atoms with van der Waals surface area (Å²) < 4.78 is 7.24. The van der Waals surface area contributed by atoms with E-state index in [2.05, 4.69) is 31.5 Å². The molecule has 0 amide bonds. The molecule has 21 heavy (non-hydrogen) atoms. The van der Waals surface area contributed by atoms with Gasteiger partial charge in [-0.25, -0.2) is 4.79 Å². The van der Waals surface area contributed by atoms with E-state index >= 15 is 0 Å². The highest BCUT2D eigenvalue weighted by atomic mass is 32.2. The molecule has 0 bridgehead atoms. The number of hydrogen-bond donors (Lipinski definition) is 0. The molecule has 0 aromatic carbocycles. The van der Waals surface area contributed by atoms with Gasteiger partial charge < -0.3 is 9.30 Å². The number of ether oxygens (including phenoxy) is 1. The minimum Gasteiger partial charge on any atom is -0.463 e. The van der Waals surface area contributed by atoms with Crippen LogP contribution < -0.4 is 0 Å². The summed E-state index contributed by atoms with van der Waals surface area (Å²) in [5, 5.41) is 0. The van der Waals surface area contributed by atoms with E-state index in [1.54, 1.807) is 6.08 Å². The van der Waals surface area contributed by atoms with E-state index in [9.17, 15) is 4.79 Å². The van der Waals surface area contributed by atoms with Gasteiger partial charge in [0.25, 0.3) is 0 Å². The summed E-state index contributed by atoms with van der Waals surface area (Å²) in [5.74, 6) is 0.764. The van der Waals surface area contributed by atoms with E-state index in [1.165, 1.54) is 27.4 Å². The molecular weight excluding hydrogens is 282 g/mol. The van der Waals surface area contributed by atoms with Crippen molar-refractivity contribution >= 4 is 22.6 Å². The number of hydrogen-bond acceptors (Lipinski definition) is 3. The summed E-state index contributed by atoms with van der Waals surface area (Å²) in [6, 6.07) is 2.25. The van der Waals surface area contributed by atoms with Crippen molar-refractivity contribution in [2.75, 3.05) is 12.4 Å². The lowest BCUT2D eigenvalue weighted by molar-refractivity contribution is -0.137. The summed E-state index contributed by atoms with van der Waals surface area (Å²) in [5.41, 5.74) is 5.26. The molecule has 1 heterocycles. The summed E-state index contributed by atoms with van der Waals surface area (Å²) in [4.78, 5) is 12.8. The Morgan fingerprint density at radius 1 is 1.43 bits per heavy atom. The molecule has 0 aliphatic heterocycles. The Hall–Kier alpha value is -1.42. The van der Waals surface area contributed by atoms with Crippen molar-refractivity contribution in [1.29, 1.82) is 0 Å². The molecule has 1 aromatic heterocycles. The van der Waals surface area contributed by atoms with Crippen LogP contribution in [0.3, 0.4) is 0 Å². The maximum Gasteiger partial charge on any atom is 0.330 e. The third-order valence-corrected chi connectivity index (χ3v) is 4.82. The van der Waals surface area contributed by atoms with Crippen molar-refractivity contribution < 1.29 is 9.53 Å². The van der Waals surface area contributed by atoms with E-state index < -0.39 is 0 Å². The lowest BCUT2D eigenvalue weighted by atomic mass is 9.97. The van der Waals surface area contributed by atoms with Crippen LogP contribution in [0.15, 0.2) is 23.8 Å². The van der Waals surface area contributed by atoms with Crippen molar-refractivity contribution in [2.45, 2.75) is 33.6 Å². The minimum atomic E-state index is -0.263. The van der Waals surface area contributed by atoms with Crippen molar-refractivity contribution in [3.8, 4) is 0 Å². The first-order valence-electron chi connectivity index (χ1n) is 7.44. The van der Waals surface area contributed by atoms with Gasteiger partial charge in [-0.1, -0.05) is 13.0 Å². The van der Waals surface area contributed by atoms with Crippen LogP contribution in [0.5, 0.6) is 0 Å². The Bertz CT molecular complexity index is 596. The Labute approximate surface area is 131 Å². The SMILES string of the molecule is CCOC(=O)/C=C/C1=C(SCC)c2cc(C)n(C)c2CC1. The summed E-state index contributed by atoms with van der Waals surface area (Å²) >= 11 is 1.85. The summed E-state index contributed by atoms with van der Waals surface area (Å²) in [6.07, 6.45) is 5.48. The van der Waals surface area contributed by atoms with Gasteiger partial charge in [-0.05, 0) is 44.1 Å². The summed E-state index contributed by atoms with van der Waals surface area (Å²) in [6.45, 7) is 6.54. The molecule has 114 valence electrons. The average molecular weight is 305 g/mol. The van der Waals surface area contributed by atoms with Gasteiger partial charge in [0, 0.05) is 35.0 Å². The van der Waals surface area contributed by atoms with Crippen LogP contribution in [0.4, 0.5) is 0 Å². The van der Waals surface area contributed by atoms with E-state index in [1.807, 2.05) is 24.8 Å². The maximum atomic E-state index is 11.5. The first-order valence-corrected chi connectivity index (χ1v) is 8.43. The van der Waals surface area contributed by atoms with E-state index in [-0.39, 0.29) is 5.97 Å². The Morgan fingerprint density at radius 2 is 2.19 bits per heavy atom. The molecule has 0 N–H and O–H groups in total. The number of rotatable bonds is 5. The molecule has 0 radical (unpaired) electrons. The van der Waals surface area contributed by atoms with Crippen LogP contribution in [0.25, 0.3) is 4.91 Å². The number of aromatic nitrogens is 1. The molecule has 0 spiro atoms. The quantitative estimate of drug-likeness (QED) is 0.611. The van der Waals surface area contributed by atoms with Gasteiger partial charge >= 0.3 is 5.97 Å². The topological polar surface area (TPSA) is 31.2 Å². The number of aryl methyl sites for hydroxylation is 1. The molecule has 0 saturated heterocycles. The first-order chi connectivity index (χ1) is 10.1. The molecule has 1 aliphatic carbocycles. The van der Waals surface area contributed by atoms with Crippen molar-refractivity contribution in [3.63, 3.8) is 0 Å². The molecule has 0 unspecified atom stereocenters. The van der Waals surface area contributed by atoms with Crippen LogP contribution >= 0.6 is 11.8 Å². The van der Waals surface area contributed by atoms with Gasteiger partial charge in [0.1, 0.15) is 0 Å². The van der Waals surface area contributed by atoms with E-state index in [0.29, 0.717) is 6.61 Å². The van der Waals surface area contributed by atoms with Gasteiger partial charge in [-0.3, -0.25) is 0 Å². The largest absolute Gasteiger partial charge is 0.463 e. The smallest absolute Gasteiger partial charge is 0.330 e. The zero-order chi connectivity index (χ0) is 15.4. The number of carbonyl (C=O) groups is 1. The van der Waals surface area contributed by atoms with Crippen LogP contribution in [-0.4, -0.2) is 22.9 Å². The van der Waals surface area contributed by atoms with Crippen LogP contribution in [-0.2, 0) is 23.0 Å². The lowest BCUT2D eigenvalue weighted by Gasteiger charge is -2.19. The molecule has 1 aliphatic rings. The highest BCUT2D eigenvalue weighted by Gasteiger charge is 2.21. The van der Waals surface area contributed by atoms with Crippen LogP contribution in [0, 0.1) is 6.92 Å². The Balaban J connectivity index is 2.36. The number of esters is 1. The van der Waals surface area contributed by atoms with Crippen molar-refractivity contribution in [2.24, 2.45) is 7.05 Å². The fourth-order valence-electron chi connectivity index (χ4n) is 2.65. The number of thioether (sulfide) groups is 1. The Kier molecular flexibility index (Phi) is 5.34. The van der Waals surface area contributed by atoms with E-state index in [4.69, 9.17) is 4.74 Å². The molecule has 4 heteroatoms. The van der Waals surface area contributed by atoms with Gasteiger partial charge in [0.05, 0.1) is 6.61 Å². The molecule has 1 aromatic rings. The molecule has 3 nitrogen and oxygen atoms in total. The third kappa shape index (κ3) is 3.43. The van der Waals surface area contributed by atoms with E-state index in [0.717, 1.165) is 18.6 Å². The average Bonchev–Trinajstić information content (AvgIpc) is 2.75. The monoisotopic (exact) mass is 305 g/mol. The minimum absolute atomic E-state index is 0.263. The normalized spacial score (nSPS) is 14.7. The zero-order valence-electron chi connectivity index (χ0n) is 13.2. The van der Waals surface area contributed by atoms with Crippen LogP contribution in [0.2, 0.25) is 0 Å². The molecule has 0 saturated carbocycles. The summed E-state index contributed by atoms with van der Waals surface area (Å²) in [7, 11) is 2.13. The highest BCUT2D eigenvalue weighted by molar-refractivity contribution is 8.08. The number of carbonyl (C=O) groups excluding carboxylic acids is 1. The molecule has 0 atom stereocenters. The van der Waals surface area contributed by atoms with Gasteiger partial charge in [-0.15, -0.1) is 11.8 Å². The first kappa shape index (κ1) is 16.0. The van der Waals surface area contributed by atoms with Crippen molar-refractivity contribution in [3.05, 3.63) is 40.7 Å². The van der Waals surface area contributed by atoms with Gasteiger partial charge in [-0.2, -0.15) is 0 Å². The lowest BCUT2D eigenvalue weighted by Crippen LogP contribution is -2.07. The fraction of sp³-hybridized carbons (Fsp3) is 0.471. The second-order valence-electron chi connectivity index (χ2n) is 5.08. The molecular formula is C17H23NO2S. The third-order valence-electron chi connectivity index (χ3n) is 3.76. The standard InChI is InChI=1S/C17H23NO2S/c1-5-20-16(19)10-8-13-7-9-15-14(17(13)21-6-2)11-12(3)18(15)4/h8,10-11H,5-7,9H2,1-4H3/b10-8+. The Morgan fingerprint density at radius 3 is 2.86 bits per heavy atom. The molecule has 2 rings (SSSR count). The molecule has 0 fully saturated rings. The second kappa shape index (κ2) is 7.03. The fourth-order valence-corrected chi connectivity index (χ4v) is 3.63. The zero-order valence-corrected chi connectivity index (χ0v) is 14.0. The number of fused-ring (bicyclic) bond motifs is 1. The van der Waals surface area contributed by atoms with Gasteiger partial charge in [0.15, 0.2) is 0 Å². The van der Waals surface area contributed by atoms with Crippen LogP contribution in [0.1, 0.15) is 37.2 Å². The number of allylic oxidation sites excluding steroid dienone is 2. The predicted octanol–water partition coefficient (Wildman–Crippen LogP) is 3.86. The highest BCUT2D eigenvalue weighted by Crippen LogP contribution is 2.40. The number of nitrogens with zero attached hydrogens (tertiary/aromatic N) is 1. The second-order valence-corrected chi connectivity index (χ2v) is 6.35.